The number of hydrogen-bond acceptors (Lipinski definition) is 2. The molecule has 0 bridgehead atoms. The fourth-order valence-corrected chi connectivity index (χ4v) is 9.81. The van der Waals surface area contributed by atoms with Crippen molar-refractivity contribution in [2.75, 3.05) is 0 Å². The summed E-state index contributed by atoms with van der Waals surface area (Å²) in [6.45, 7) is 4.21. The van der Waals surface area contributed by atoms with Crippen LogP contribution < -0.4 is 0 Å². The molecule has 10 rings (SSSR count). The number of sulfone groups is 1. The van der Waals surface area contributed by atoms with Gasteiger partial charge in [-0.15, -0.1) is 0 Å². The number of hydrogen-bond donors (Lipinski definition) is 0. The maximum Gasteiger partial charge on any atom is 0.206 e. The van der Waals surface area contributed by atoms with Crippen LogP contribution in [0.1, 0.15) is 11.1 Å². The Bertz CT molecular complexity index is 2920. The lowest BCUT2D eigenvalue weighted by Crippen LogP contribution is -2.06. The van der Waals surface area contributed by atoms with Crippen molar-refractivity contribution in [2.45, 2.75) is 23.6 Å². The van der Waals surface area contributed by atoms with Crippen molar-refractivity contribution in [1.29, 1.82) is 0 Å². The Morgan fingerprint density at radius 1 is 0.281 bits per heavy atom. The van der Waals surface area contributed by atoms with Gasteiger partial charge in [0.15, 0.2) is 0 Å². The monoisotopic (exact) mass is 750 g/mol. The summed E-state index contributed by atoms with van der Waals surface area (Å²) < 4.78 is 30.9. The fourth-order valence-electron chi connectivity index (χ4n) is 8.45. The van der Waals surface area contributed by atoms with Crippen molar-refractivity contribution in [3.05, 3.63) is 205 Å². The molecule has 0 N–H and O–H groups in total. The lowest BCUT2D eigenvalue weighted by molar-refractivity contribution is 0.596. The molecule has 0 aliphatic rings. The first-order valence-corrected chi connectivity index (χ1v) is 20.8. The molecule has 0 radical (unpaired) electrons. The third-order valence-corrected chi connectivity index (χ3v) is 13.3. The molecule has 0 heterocycles. The van der Waals surface area contributed by atoms with Crippen molar-refractivity contribution in [3.8, 4) is 44.5 Å². The standard InChI is InChI=1S/C54H38O2S/c1-35-51(45-23-19-37-11-3-7-15-41(37)27-45)31-49(32-52(35)46-24-20-38-12-4-8-16-42(38)28-46)57(55,56)50-33-53(47-25-21-39-13-5-9-17-43(39)29-47)36(2)54(34-50)48-26-22-40-14-6-10-18-44(40)30-48/h3-34H,1-2H3. The topological polar surface area (TPSA) is 34.1 Å². The zero-order chi connectivity index (χ0) is 38.7. The Hall–Kier alpha value is -6.81. The van der Waals surface area contributed by atoms with Gasteiger partial charge in [0.05, 0.1) is 9.79 Å². The Labute approximate surface area is 333 Å². The summed E-state index contributed by atoms with van der Waals surface area (Å²) in [4.78, 5) is 0.523. The predicted molar refractivity (Wildman–Crippen MR) is 240 cm³/mol. The van der Waals surface area contributed by atoms with Crippen molar-refractivity contribution in [3.63, 3.8) is 0 Å². The maximum atomic E-state index is 15.4. The van der Waals surface area contributed by atoms with Crippen LogP contribution in [0.4, 0.5) is 0 Å². The summed E-state index contributed by atoms with van der Waals surface area (Å²) in [5.41, 5.74) is 9.51. The number of rotatable bonds is 6. The van der Waals surface area contributed by atoms with E-state index in [2.05, 4.69) is 135 Å². The molecule has 272 valence electrons. The first kappa shape index (κ1) is 34.7. The second-order valence-electron chi connectivity index (χ2n) is 15.0. The fraction of sp³-hybridized carbons (Fsp3) is 0.0370. The van der Waals surface area contributed by atoms with Gasteiger partial charge in [0.2, 0.25) is 9.84 Å². The minimum atomic E-state index is -4.06. The van der Waals surface area contributed by atoms with Crippen LogP contribution in [0.25, 0.3) is 87.6 Å². The lowest BCUT2D eigenvalue weighted by Gasteiger charge is -2.19. The molecular weight excluding hydrogens is 713 g/mol. The van der Waals surface area contributed by atoms with Crippen LogP contribution in [0.3, 0.4) is 0 Å². The summed E-state index contributed by atoms with van der Waals surface area (Å²) in [5.74, 6) is 0. The predicted octanol–water partition coefficient (Wildman–Crippen LogP) is 14.4. The van der Waals surface area contributed by atoms with Crippen LogP contribution in [0.5, 0.6) is 0 Å². The molecule has 0 atom stereocenters. The Balaban J connectivity index is 1.22. The van der Waals surface area contributed by atoms with E-state index >= 15 is 8.42 Å². The average molecular weight is 751 g/mol. The Morgan fingerprint density at radius 2 is 0.509 bits per heavy atom. The molecule has 0 aliphatic carbocycles. The molecule has 0 saturated heterocycles. The van der Waals surface area contributed by atoms with E-state index in [0.29, 0.717) is 0 Å². The second-order valence-corrected chi connectivity index (χ2v) is 17.0. The zero-order valence-electron chi connectivity index (χ0n) is 31.7. The van der Waals surface area contributed by atoms with E-state index in [1.165, 1.54) is 0 Å². The van der Waals surface area contributed by atoms with E-state index in [1.807, 2.05) is 72.8 Å². The second kappa shape index (κ2) is 13.7. The van der Waals surface area contributed by atoms with Gasteiger partial charge in [-0.05, 0) is 161 Å². The van der Waals surface area contributed by atoms with Crippen LogP contribution in [0.15, 0.2) is 204 Å². The molecule has 0 aliphatic heterocycles. The molecule has 0 unspecified atom stereocenters. The quantitative estimate of drug-likeness (QED) is 0.170. The summed E-state index contributed by atoms with van der Waals surface area (Å²) >= 11 is 0. The van der Waals surface area contributed by atoms with E-state index in [4.69, 9.17) is 0 Å². The number of benzene rings is 10. The first-order valence-electron chi connectivity index (χ1n) is 19.3. The normalized spacial score (nSPS) is 11.8. The molecule has 0 spiro atoms. The molecular formula is C54H38O2S. The third kappa shape index (κ3) is 6.17. The highest BCUT2D eigenvalue weighted by Crippen LogP contribution is 2.42. The van der Waals surface area contributed by atoms with E-state index < -0.39 is 9.84 Å². The van der Waals surface area contributed by atoms with E-state index in [0.717, 1.165) is 98.7 Å². The number of fused-ring (bicyclic) bond motifs is 4. The van der Waals surface area contributed by atoms with Crippen molar-refractivity contribution in [1.82, 2.24) is 0 Å². The molecule has 57 heavy (non-hydrogen) atoms. The van der Waals surface area contributed by atoms with Crippen LogP contribution in [0.2, 0.25) is 0 Å². The van der Waals surface area contributed by atoms with Gasteiger partial charge in [-0.1, -0.05) is 146 Å². The first-order chi connectivity index (χ1) is 27.8. The molecule has 0 amide bonds. The summed E-state index contributed by atoms with van der Waals surface area (Å²) in [5, 5.41) is 8.97. The summed E-state index contributed by atoms with van der Waals surface area (Å²) in [6, 6.07) is 66.2. The molecule has 2 nitrogen and oxygen atoms in total. The molecule has 10 aromatic carbocycles. The van der Waals surface area contributed by atoms with Gasteiger partial charge in [0.25, 0.3) is 0 Å². The highest BCUT2D eigenvalue weighted by molar-refractivity contribution is 7.91. The molecule has 10 aromatic rings. The van der Waals surface area contributed by atoms with Gasteiger partial charge < -0.3 is 0 Å². The van der Waals surface area contributed by atoms with E-state index in [1.54, 1.807) is 0 Å². The lowest BCUT2D eigenvalue weighted by atomic mass is 9.91. The van der Waals surface area contributed by atoms with Gasteiger partial charge in [0.1, 0.15) is 0 Å². The highest BCUT2D eigenvalue weighted by Gasteiger charge is 2.25. The highest BCUT2D eigenvalue weighted by atomic mass is 32.2. The van der Waals surface area contributed by atoms with E-state index in [-0.39, 0.29) is 9.79 Å². The van der Waals surface area contributed by atoms with Crippen LogP contribution in [-0.2, 0) is 9.84 Å². The van der Waals surface area contributed by atoms with Crippen LogP contribution >= 0.6 is 0 Å². The van der Waals surface area contributed by atoms with Gasteiger partial charge in [-0.2, -0.15) is 0 Å². The minimum Gasteiger partial charge on any atom is -0.219 e. The van der Waals surface area contributed by atoms with Crippen molar-refractivity contribution in [2.24, 2.45) is 0 Å². The maximum absolute atomic E-state index is 15.4. The Kier molecular flexibility index (Phi) is 8.35. The van der Waals surface area contributed by atoms with Gasteiger partial charge >= 0.3 is 0 Å². The van der Waals surface area contributed by atoms with Gasteiger partial charge in [-0.25, -0.2) is 8.42 Å². The van der Waals surface area contributed by atoms with Crippen LogP contribution in [0, 0.1) is 13.8 Å². The average Bonchev–Trinajstić information content (AvgIpc) is 3.25. The largest absolute Gasteiger partial charge is 0.219 e. The van der Waals surface area contributed by atoms with E-state index in [9.17, 15) is 0 Å². The van der Waals surface area contributed by atoms with Crippen LogP contribution in [-0.4, -0.2) is 8.42 Å². The third-order valence-electron chi connectivity index (χ3n) is 11.6. The summed E-state index contributed by atoms with van der Waals surface area (Å²) in [7, 11) is -4.06. The molecule has 0 saturated carbocycles. The van der Waals surface area contributed by atoms with Crippen molar-refractivity contribution >= 4 is 52.9 Å². The molecule has 0 fully saturated rings. The smallest absolute Gasteiger partial charge is 0.206 e. The molecule has 3 heteroatoms. The molecule has 0 aromatic heterocycles. The van der Waals surface area contributed by atoms with Gasteiger partial charge in [-0.3, -0.25) is 0 Å². The van der Waals surface area contributed by atoms with Crippen molar-refractivity contribution < 1.29 is 8.42 Å². The van der Waals surface area contributed by atoms with Gasteiger partial charge in [0, 0.05) is 0 Å². The Morgan fingerprint density at radius 3 is 0.754 bits per heavy atom. The summed E-state index contributed by atoms with van der Waals surface area (Å²) in [6.07, 6.45) is 0. The minimum absolute atomic E-state index is 0.261. The zero-order valence-corrected chi connectivity index (χ0v) is 32.5. The SMILES string of the molecule is Cc1c(-c2ccc3ccccc3c2)cc(S(=O)(=O)c2cc(-c3ccc4ccccc4c3)c(C)c(-c3ccc4ccccc4c3)c2)cc1-c1ccc2ccccc2c1.